The van der Waals surface area contributed by atoms with E-state index in [1.54, 1.807) is 6.07 Å². The van der Waals surface area contributed by atoms with Gasteiger partial charge >= 0.3 is 0 Å². The Labute approximate surface area is 106 Å². The van der Waals surface area contributed by atoms with Crippen molar-refractivity contribution >= 4 is 17.3 Å². The number of nitrogens with zero attached hydrogens (tertiary/aromatic N) is 1. The zero-order valence-electron chi connectivity index (χ0n) is 10.1. The maximum Gasteiger partial charge on any atom is 0.242 e. The van der Waals surface area contributed by atoms with Crippen molar-refractivity contribution in [3.63, 3.8) is 0 Å². The van der Waals surface area contributed by atoms with Gasteiger partial charge in [-0.3, -0.25) is 9.69 Å². The van der Waals surface area contributed by atoms with E-state index in [9.17, 15) is 4.79 Å². The van der Waals surface area contributed by atoms with Crippen LogP contribution in [0.25, 0.3) is 0 Å². The molecule has 0 saturated carbocycles. The molecule has 1 amide bonds. The Morgan fingerprint density at radius 2 is 2.11 bits per heavy atom. The summed E-state index contributed by atoms with van der Waals surface area (Å²) >= 11 is 0. The first-order valence-electron chi connectivity index (χ1n) is 6.21. The van der Waals surface area contributed by atoms with Gasteiger partial charge in [0.2, 0.25) is 5.91 Å². The highest BCUT2D eigenvalue weighted by molar-refractivity contribution is 5.98. The molecule has 1 unspecified atom stereocenters. The minimum absolute atomic E-state index is 0.0575. The van der Waals surface area contributed by atoms with Gasteiger partial charge in [0.25, 0.3) is 0 Å². The number of rotatable bonds is 1. The van der Waals surface area contributed by atoms with Crippen molar-refractivity contribution in [2.24, 2.45) is 0 Å². The average Bonchev–Trinajstić information content (AvgIpc) is 2.39. The lowest BCUT2D eigenvalue weighted by Crippen LogP contribution is -2.52. The van der Waals surface area contributed by atoms with Crippen LogP contribution in [0.4, 0.5) is 11.4 Å². The first kappa shape index (κ1) is 11.5. The molecule has 1 saturated heterocycles. The van der Waals surface area contributed by atoms with Gasteiger partial charge in [0, 0.05) is 18.8 Å². The Morgan fingerprint density at radius 3 is 2.89 bits per heavy atom. The number of benzene rings is 1. The summed E-state index contributed by atoms with van der Waals surface area (Å²) in [4.78, 5) is 14.3. The Hall–Kier alpha value is -1.59. The van der Waals surface area contributed by atoms with Crippen LogP contribution in [0.5, 0.6) is 0 Å². The van der Waals surface area contributed by atoms with Crippen LogP contribution in [-0.2, 0) is 16.0 Å². The van der Waals surface area contributed by atoms with Crippen molar-refractivity contribution < 1.29 is 9.53 Å². The first-order valence-corrected chi connectivity index (χ1v) is 6.21. The van der Waals surface area contributed by atoms with E-state index in [0.717, 1.165) is 24.3 Å². The molecule has 1 atom stereocenters. The fraction of sp³-hybridized carbons (Fsp3) is 0.462. The fourth-order valence-corrected chi connectivity index (χ4v) is 2.59. The summed E-state index contributed by atoms with van der Waals surface area (Å²) < 4.78 is 5.31. The number of hydrogen-bond donors (Lipinski definition) is 1. The minimum Gasteiger partial charge on any atom is -0.379 e. The molecule has 0 spiro atoms. The summed E-state index contributed by atoms with van der Waals surface area (Å²) in [6.07, 6.45) is 0.688. The molecule has 2 aliphatic heterocycles. The number of hydrogen-bond acceptors (Lipinski definition) is 3. The van der Waals surface area contributed by atoms with Crippen molar-refractivity contribution in [1.29, 1.82) is 0 Å². The highest BCUT2D eigenvalue weighted by Gasteiger charge is 2.31. The van der Waals surface area contributed by atoms with Crippen LogP contribution in [0.3, 0.4) is 0 Å². The Kier molecular flexibility index (Phi) is 2.93. The third-order valence-electron chi connectivity index (χ3n) is 3.57. The van der Waals surface area contributed by atoms with Gasteiger partial charge in [-0.25, -0.2) is 0 Å². The Morgan fingerprint density at radius 1 is 1.33 bits per heavy atom. The third kappa shape index (κ3) is 2.07. The topological polar surface area (TPSA) is 65.4 Å². The molecule has 2 heterocycles. The maximum atomic E-state index is 12.1. The average molecular weight is 246 g/mol. The number of morpholine rings is 1. The van der Waals surface area contributed by atoms with Crippen LogP contribution in [0.2, 0.25) is 0 Å². The predicted molar refractivity (Wildman–Crippen MR) is 67.7 cm³/mol. The van der Waals surface area contributed by atoms with Gasteiger partial charge < -0.3 is 15.8 Å². The summed E-state index contributed by atoms with van der Waals surface area (Å²) in [5.41, 5.74) is 10.0. The van der Waals surface area contributed by atoms with Crippen molar-refractivity contribution in [3.05, 3.63) is 23.8 Å². The Balaban J connectivity index is 1.83. The highest BCUT2D eigenvalue weighted by atomic mass is 16.5. The van der Waals surface area contributed by atoms with Crippen LogP contribution in [0.1, 0.15) is 5.56 Å². The zero-order chi connectivity index (χ0) is 12.5. The number of carbonyl (C=O) groups is 1. The van der Waals surface area contributed by atoms with Crippen LogP contribution < -0.4 is 11.1 Å². The van der Waals surface area contributed by atoms with E-state index in [1.165, 1.54) is 0 Å². The van der Waals surface area contributed by atoms with E-state index in [4.69, 9.17) is 10.5 Å². The Bertz CT molecular complexity index is 469. The molecule has 95 valence electrons. The first-order chi connectivity index (χ1) is 8.74. The van der Waals surface area contributed by atoms with E-state index in [1.807, 2.05) is 12.1 Å². The lowest BCUT2D eigenvalue weighted by Gasteiger charge is -2.36. The number of ether oxygens (including phenoxy) is 1. The summed E-state index contributed by atoms with van der Waals surface area (Å²) in [6, 6.07) is 5.23. The second kappa shape index (κ2) is 4.59. The highest BCUT2D eigenvalue weighted by Crippen LogP contribution is 2.27. The molecule has 0 bridgehead atoms. The number of amides is 1. The van der Waals surface area contributed by atoms with Gasteiger partial charge in [-0.2, -0.15) is 0 Å². The minimum atomic E-state index is -0.122. The van der Waals surface area contributed by atoms with E-state index in [-0.39, 0.29) is 11.9 Å². The summed E-state index contributed by atoms with van der Waals surface area (Å²) in [7, 11) is 0. The maximum absolute atomic E-state index is 12.1. The van der Waals surface area contributed by atoms with Crippen molar-refractivity contribution in [3.8, 4) is 0 Å². The summed E-state index contributed by atoms with van der Waals surface area (Å²) in [6.45, 7) is 2.98. The van der Waals surface area contributed by atoms with Crippen molar-refractivity contribution in [2.45, 2.75) is 12.5 Å². The molecule has 1 aromatic rings. The SMILES string of the molecule is [NH]c1ccc2c(c1)CC(N1CCOCC1)C(=O)N2. The van der Waals surface area contributed by atoms with E-state index in [2.05, 4.69) is 10.2 Å². The van der Waals surface area contributed by atoms with Crippen LogP contribution in [0, 0.1) is 0 Å². The molecular weight excluding hydrogens is 230 g/mol. The monoisotopic (exact) mass is 246 g/mol. The lowest BCUT2D eigenvalue weighted by molar-refractivity contribution is -0.123. The van der Waals surface area contributed by atoms with Gasteiger partial charge in [-0.05, 0) is 30.2 Å². The van der Waals surface area contributed by atoms with Gasteiger partial charge in [-0.15, -0.1) is 0 Å². The largest absolute Gasteiger partial charge is 0.379 e. The molecule has 5 nitrogen and oxygen atoms in total. The van der Waals surface area contributed by atoms with E-state index >= 15 is 0 Å². The molecule has 18 heavy (non-hydrogen) atoms. The molecule has 1 fully saturated rings. The van der Waals surface area contributed by atoms with Crippen LogP contribution in [0.15, 0.2) is 18.2 Å². The molecular formula is C13H16N3O2. The van der Waals surface area contributed by atoms with E-state index < -0.39 is 0 Å². The fourth-order valence-electron chi connectivity index (χ4n) is 2.59. The standard InChI is InChI=1S/C13H16N3O2/c14-10-1-2-11-9(7-10)8-12(13(17)15-11)16-3-5-18-6-4-16/h1-2,7,12,14H,3-6,8H2,(H,15,17). The van der Waals surface area contributed by atoms with Gasteiger partial charge in [0.15, 0.2) is 0 Å². The number of carbonyl (C=O) groups excluding carboxylic acids is 1. The molecule has 1 aromatic carbocycles. The molecule has 2 N–H and O–H groups in total. The second-order valence-corrected chi connectivity index (χ2v) is 4.73. The second-order valence-electron chi connectivity index (χ2n) is 4.73. The molecule has 2 aliphatic rings. The lowest BCUT2D eigenvalue weighted by atomic mass is 9.97. The zero-order valence-corrected chi connectivity index (χ0v) is 10.1. The van der Waals surface area contributed by atoms with Crippen molar-refractivity contribution in [1.82, 2.24) is 10.6 Å². The molecule has 1 radical (unpaired) electrons. The molecule has 5 heteroatoms. The normalized spacial score (nSPS) is 24.4. The summed E-state index contributed by atoms with van der Waals surface area (Å²) in [5.74, 6) is 0.0575. The summed E-state index contributed by atoms with van der Waals surface area (Å²) in [5, 5.41) is 2.93. The quantitative estimate of drug-likeness (QED) is 0.797. The number of anilines is 1. The van der Waals surface area contributed by atoms with Gasteiger partial charge in [0.05, 0.1) is 24.9 Å². The molecule has 0 aromatic heterocycles. The van der Waals surface area contributed by atoms with E-state index in [0.29, 0.717) is 25.3 Å². The predicted octanol–water partition coefficient (Wildman–Crippen LogP) is 0.796. The number of fused-ring (bicyclic) bond motifs is 1. The molecule has 3 rings (SSSR count). The van der Waals surface area contributed by atoms with Gasteiger partial charge in [-0.1, -0.05) is 0 Å². The van der Waals surface area contributed by atoms with Crippen LogP contribution >= 0.6 is 0 Å². The molecule has 0 aliphatic carbocycles. The third-order valence-corrected chi connectivity index (χ3v) is 3.57. The van der Waals surface area contributed by atoms with Crippen LogP contribution in [-0.4, -0.2) is 43.2 Å². The van der Waals surface area contributed by atoms with Gasteiger partial charge in [0.1, 0.15) is 0 Å². The van der Waals surface area contributed by atoms with Crippen molar-refractivity contribution in [2.75, 3.05) is 31.6 Å². The smallest absolute Gasteiger partial charge is 0.242 e. The number of nitrogens with one attached hydrogen (secondary N) is 2.